The van der Waals surface area contributed by atoms with E-state index in [1.54, 1.807) is 12.3 Å². The Morgan fingerprint density at radius 1 is 1.26 bits per heavy atom. The van der Waals surface area contributed by atoms with Gasteiger partial charge in [-0.1, -0.05) is 20.3 Å². The van der Waals surface area contributed by atoms with E-state index in [4.69, 9.17) is 4.98 Å². The number of Topliss-reactive ketones (excluding diaryl/α,β-unsaturated/α-hetero) is 1. The summed E-state index contributed by atoms with van der Waals surface area (Å²) in [6, 6.07) is 2.54. The van der Waals surface area contributed by atoms with Crippen LogP contribution in [0.2, 0.25) is 0 Å². The van der Waals surface area contributed by atoms with Crippen LogP contribution < -0.4 is 5.56 Å². The van der Waals surface area contributed by atoms with E-state index >= 15 is 0 Å². The second-order valence-electron chi connectivity index (χ2n) is 8.58. The summed E-state index contributed by atoms with van der Waals surface area (Å²) in [5, 5.41) is 4.65. The van der Waals surface area contributed by atoms with E-state index in [2.05, 4.69) is 47.7 Å². The molecule has 31 heavy (non-hydrogen) atoms. The number of hydrogen-bond donors (Lipinski definition) is 1. The van der Waals surface area contributed by atoms with Crippen molar-refractivity contribution >= 4 is 16.8 Å². The molecule has 3 aromatic heterocycles. The van der Waals surface area contributed by atoms with Crippen LogP contribution in [0.25, 0.3) is 22.4 Å². The molecular formula is C23H30N6O2. The van der Waals surface area contributed by atoms with E-state index in [0.717, 1.165) is 43.7 Å². The van der Waals surface area contributed by atoms with Crippen molar-refractivity contribution in [3.05, 3.63) is 39.6 Å². The maximum Gasteiger partial charge on any atom is 0.279 e. The Morgan fingerprint density at radius 3 is 2.61 bits per heavy atom. The summed E-state index contributed by atoms with van der Waals surface area (Å²) in [6.45, 7) is 11.9. The van der Waals surface area contributed by atoms with E-state index < -0.39 is 0 Å². The normalized spacial score (nSPS) is 15.0. The van der Waals surface area contributed by atoms with Crippen LogP contribution in [0.5, 0.6) is 0 Å². The fourth-order valence-electron chi connectivity index (χ4n) is 4.19. The Hall–Kier alpha value is -2.87. The zero-order valence-corrected chi connectivity index (χ0v) is 18.9. The van der Waals surface area contributed by atoms with Gasteiger partial charge in [0.1, 0.15) is 11.3 Å². The van der Waals surface area contributed by atoms with Gasteiger partial charge in [-0.15, -0.1) is 0 Å². The quantitative estimate of drug-likeness (QED) is 0.588. The molecule has 0 aromatic carbocycles. The van der Waals surface area contributed by atoms with Gasteiger partial charge in [-0.05, 0) is 39.7 Å². The van der Waals surface area contributed by atoms with Gasteiger partial charge in [0, 0.05) is 36.5 Å². The number of aryl methyl sites for hydroxylation is 2. The minimum Gasteiger partial charge on any atom is -0.305 e. The number of carbonyl (C=O) groups is 1. The molecule has 0 aliphatic carbocycles. The van der Waals surface area contributed by atoms with Crippen molar-refractivity contribution in [2.75, 3.05) is 13.1 Å². The van der Waals surface area contributed by atoms with E-state index in [-0.39, 0.29) is 17.4 Å². The molecule has 3 aromatic rings. The van der Waals surface area contributed by atoms with Crippen LogP contribution in [0.3, 0.4) is 0 Å². The van der Waals surface area contributed by atoms with Crippen molar-refractivity contribution in [3.8, 4) is 11.4 Å². The predicted molar refractivity (Wildman–Crippen MR) is 121 cm³/mol. The fourth-order valence-corrected chi connectivity index (χ4v) is 4.19. The van der Waals surface area contributed by atoms with E-state index in [9.17, 15) is 9.59 Å². The maximum absolute atomic E-state index is 13.0. The predicted octanol–water partition coefficient (Wildman–Crippen LogP) is 3.16. The highest BCUT2D eigenvalue weighted by atomic mass is 16.1. The maximum atomic E-state index is 13.0. The van der Waals surface area contributed by atoms with Gasteiger partial charge in [-0.2, -0.15) is 5.10 Å². The lowest BCUT2D eigenvalue weighted by Gasteiger charge is -2.42. The summed E-state index contributed by atoms with van der Waals surface area (Å²) in [7, 11) is 0. The van der Waals surface area contributed by atoms with Gasteiger partial charge in [0.15, 0.2) is 11.3 Å². The zero-order valence-electron chi connectivity index (χ0n) is 18.9. The number of likely N-dealkylation sites (tertiary alicyclic amines) is 1. The van der Waals surface area contributed by atoms with E-state index in [0.29, 0.717) is 34.0 Å². The molecule has 8 heteroatoms. The molecule has 0 unspecified atom stereocenters. The average Bonchev–Trinajstić information content (AvgIpc) is 3.05. The highest BCUT2D eigenvalue weighted by molar-refractivity contribution is 5.95. The summed E-state index contributed by atoms with van der Waals surface area (Å²) >= 11 is 0. The number of aromatic nitrogens is 5. The van der Waals surface area contributed by atoms with Crippen LogP contribution in [-0.2, 0) is 12.8 Å². The van der Waals surface area contributed by atoms with Gasteiger partial charge in [0.05, 0.1) is 17.4 Å². The largest absolute Gasteiger partial charge is 0.305 e. The van der Waals surface area contributed by atoms with Gasteiger partial charge in [-0.25, -0.2) is 4.98 Å². The summed E-state index contributed by atoms with van der Waals surface area (Å²) < 4.78 is 1.99. The number of fused-ring (bicyclic) bond motifs is 1. The molecule has 164 valence electrons. The third-order valence-corrected chi connectivity index (χ3v) is 6.07. The molecule has 4 heterocycles. The molecule has 0 atom stereocenters. The number of rotatable bonds is 7. The molecule has 1 aliphatic heterocycles. The smallest absolute Gasteiger partial charge is 0.279 e. The molecule has 4 rings (SSSR count). The fraction of sp³-hybridized carbons (Fsp3) is 0.522. The molecule has 0 radical (unpaired) electrons. The van der Waals surface area contributed by atoms with Crippen molar-refractivity contribution in [3.63, 3.8) is 0 Å². The van der Waals surface area contributed by atoms with Crippen LogP contribution >= 0.6 is 0 Å². The number of ketones is 1. The molecule has 1 N–H and O–H groups in total. The second kappa shape index (κ2) is 8.34. The minimum atomic E-state index is -0.260. The number of hydrogen-bond acceptors (Lipinski definition) is 6. The Bertz CT molecular complexity index is 1190. The molecule has 8 nitrogen and oxygen atoms in total. The Labute approximate surface area is 181 Å². The van der Waals surface area contributed by atoms with Gasteiger partial charge in [-0.3, -0.25) is 24.2 Å². The number of aromatic amines is 1. The van der Waals surface area contributed by atoms with E-state index in [1.807, 2.05) is 4.68 Å². The standard InChI is InChI=1S/C23H30N6O2/c1-6-8-18-17(9-15(10-24-18)14(5)30)22-25-20-19(7-2)29(27-21(20)23(31)26-22)16-11-28(12-16)13(3)4/h9-10,13,16H,6-8,11-12H2,1-5H3,(H,25,26,31). The molecule has 1 aliphatic rings. The topological polar surface area (TPSA) is 96.8 Å². The van der Waals surface area contributed by atoms with Crippen molar-refractivity contribution in [1.82, 2.24) is 29.6 Å². The molecule has 1 fully saturated rings. The van der Waals surface area contributed by atoms with Crippen molar-refractivity contribution in [2.45, 2.75) is 66.0 Å². The van der Waals surface area contributed by atoms with Gasteiger partial charge in [0.25, 0.3) is 5.56 Å². The highest BCUT2D eigenvalue weighted by Crippen LogP contribution is 2.28. The highest BCUT2D eigenvalue weighted by Gasteiger charge is 2.33. The number of pyridine rings is 1. The first-order valence-electron chi connectivity index (χ1n) is 11.1. The van der Waals surface area contributed by atoms with Gasteiger partial charge in [0.2, 0.25) is 0 Å². The summed E-state index contributed by atoms with van der Waals surface area (Å²) in [6.07, 6.45) is 3.97. The van der Waals surface area contributed by atoms with Crippen molar-refractivity contribution < 1.29 is 4.79 Å². The Morgan fingerprint density at radius 2 is 2.00 bits per heavy atom. The third-order valence-electron chi connectivity index (χ3n) is 6.07. The number of carbonyl (C=O) groups excluding carboxylic acids is 1. The van der Waals surface area contributed by atoms with E-state index in [1.165, 1.54) is 6.92 Å². The molecule has 0 amide bonds. The zero-order chi connectivity index (χ0) is 22.3. The minimum absolute atomic E-state index is 0.0676. The average molecular weight is 423 g/mol. The van der Waals surface area contributed by atoms with Crippen molar-refractivity contribution in [2.24, 2.45) is 0 Å². The first-order chi connectivity index (χ1) is 14.8. The Balaban J connectivity index is 1.84. The lowest BCUT2D eigenvalue weighted by molar-refractivity contribution is 0.0663. The van der Waals surface area contributed by atoms with Gasteiger partial charge < -0.3 is 4.98 Å². The van der Waals surface area contributed by atoms with Gasteiger partial charge >= 0.3 is 0 Å². The van der Waals surface area contributed by atoms with Crippen LogP contribution in [0.1, 0.15) is 68.8 Å². The first-order valence-corrected chi connectivity index (χ1v) is 11.1. The van der Waals surface area contributed by atoms with Crippen LogP contribution in [0.15, 0.2) is 17.1 Å². The summed E-state index contributed by atoms with van der Waals surface area (Å²) in [5.74, 6) is 0.380. The number of nitrogens with one attached hydrogen (secondary N) is 1. The monoisotopic (exact) mass is 422 g/mol. The third kappa shape index (κ3) is 3.80. The van der Waals surface area contributed by atoms with Crippen LogP contribution in [0, 0.1) is 0 Å². The second-order valence-corrected chi connectivity index (χ2v) is 8.58. The molecule has 0 saturated carbocycles. The molecular weight excluding hydrogens is 392 g/mol. The summed E-state index contributed by atoms with van der Waals surface area (Å²) in [5.41, 5.74) is 3.76. The van der Waals surface area contributed by atoms with Crippen LogP contribution in [-0.4, -0.2) is 54.5 Å². The molecule has 1 saturated heterocycles. The van der Waals surface area contributed by atoms with Crippen LogP contribution in [0.4, 0.5) is 0 Å². The Kier molecular flexibility index (Phi) is 5.75. The SMILES string of the molecule is CCCc1ncc(C(C)=O)cc1-c1nc2c(CC)n(C3CN(C(C)C)C3)nc2c(=O)[nH]1. The summed E-state index contributed by atoms with van der Waals surface area (Å²) in [4.78, 5) is 39.5. The number of H-pyrrole nitrogens is 1. The first kappa shape index (κ1) is 21.4. The number of nitrogens with zero attached hydrogens (tertiary/aromatic N) is 5. The van der Waals surface area contributed by atoms with Crippen molar-refractivity contribution in [1.29, 1.82) is 0 Å². The lowest BCUT2D eigenvalue weighted by Crippen LogP contribution is -2.51. The lowest BCUT2D eigenvalue weighted by atomic mass is 10.0. The molecule has 0 bridgehead atoms. The molecule has 0 spiro atoms.